The van der Waals surface area contributed by atoms with Crippen LogP contribution < -0.4 is 5.73 Å². The van der Waals surface area contributed by atoms with Gasteiger partial charge in [-0.05, 0) is 24.6 Å². The first-order valence-corrected chi connectivity index (χ1v) is 4.63. The zero-order chi connectivity index (χ0) is 11.3. The van der Waals surface area contributed by atoms with Crippen molar-refractivity contribution in [1.82, 2.24) is 4.98 Å². The second kappa shape index (κ2) is 7.14. The summed E-state index contributed by atoms with van der Waals surface area (Å²) < 4.78 is 18.0. The number of ether oxygens (including phenoxy) is 1. The molecule has 90 valence electrons. The van der Waals surface area contributed by atoms with Crippen LogP contribution >= 0.6 is 12.4 Å². The van der Waals surface area contributed by atoms with Gasteiger partial charge in [-0.1, -0.05) is 0 Å². The third-order valence-corrected chi connectivity index (χ3v) is 1.92. The summed E-state index contributed by atoms with van der Waals surface area (Å²) in [6.07, 6.45) is 1.15. The van der Waals surface area contributed by atoms with Crippen molar-refractivity contribution in [2.24, 2.45) is 5.73 Å². The van der Waals surface area contributed by atoms with Crippen LogP contribution in [0.15, 0.2) is 24.5 Å². The summed E-state index contributed by atoms with van der Waals surface area (Å²) in [5.41, 5.74) is 6.09. The molecule has 0 radical (unpaired) electrons. The van der Waals surface area contributed by atoms with E-state index in [2.05, 4.69) is 9.72 Å². The van der Waals surface area contributed by atoms with Gasteiger partial charge in [0.15, 0.2) is 0 Å². The number of nitrogens with zero attached hydrogens (tertiary/aromatic N) is 1. The first-order valence-electron chi connectivity index (χ1n) is 4.63. The lowest BCUT2D eigenvalue weighted by Crippen LogP contribution is -2.31. The maximum absolute atomic E-state index is 13.4. The minimum atomic E-state index is -1.84. The number of halogens is 2. The van der Waals surface area contributed by atoms with Crippen LogP contribution in [0.2, 0.25) is 0 Å². The fourth-order valence-corrected chi connectivity index (χ4v) is 1.12. The highest BCUT2D eigenvalue weighted by molar-refractivity contribution is 5.85. The Labute approximate surface area is 99.4 Å². The third kappa shape index (κ3) is 3.75. The molecule has 2 atom stereocenters. The predicted molar refractivity (Wildman–Crippen MR) is 59.9 cm³/mol. The fraction of sp³-hybridized carbons (Fsp3) is 0.400. The van der Waals surface area contributed by atoms with E-state index in [0.717, 1.165) is 0 Å². The van der Waals surface area contributed by atoms with Gasteiger partial charge in [0.25, 0.3) is 0 Å². The van der Waals surface area contributed by atoms with Crippen LogP contribution in [-0.2, 0) is 9.53 Å². The smallest absolute Gasteiger partial charge is 0.342 e. The average molecular weight is 249 g/mol. The van der Waals surface area contributed by atoms with E-state index in [0.29, 0.717) is 5.56 Å². The van der Waals surface area contributed by atoms with Crippen molar-refractivity contribution in [3.05, 3.63) is 30.1 Å². The van der Waals surface area contributed by atoms with Crippen LogP contribution in [0.25, 0.3) is 0 Å². The molecule has 0 aromatic carbocycles. The number of aromatic nitrogens is 1. The molecule has 0 aliphatic rings. The number of hydrogen-bond acceptors (Lipinski definition) is 4. The molecule has 1 heterocycles. The number of hydrogen-bond donors (Lipinski definition) is 1. The highest BCUT2D eigenvalue weighted by Crippen LogP contribution is 2.16. The van der Waals surface area contributed by atoms with Gasteiger partial charge in [-0.3, -0.25) is 4.98 Å². The van der Waals surface area contributed by atoms with Crippen molar-refractivity contribution in [2.45, 2.75) is 19.1 Å². The summed E-state index contributed by atoms with van der Waals surface area (Å²) in [6, 6.07) is 2.12. The summed E-state index contributed by atoms with van der Waals surface area (Å²) in [5, 5.41) is 0. The number of esters is 1. The normalized spacial score (nSPS) is 13.4. The quantitative estimate of drug-likeness (QED) is 0.818. The van der Waals surface area contributed by atoms with E-state index >= 15 is 0 Å². The van der Waals surface area contributed by atoms with Gasteiger partial charge in [0.1, 0.15) is 0 Å². The molecule has 0 aliphatic carbocycles. The molecule has 1 aromatic heterocycles. The molecule has 6 heteroatoms. The Kier molecular flexibility index (Phi) is 6.60. The minimum Gasteiger partial charge on any atom is -0.464 e. The Bertz CT molecular complexity index is 324. The highest BCUT2D eigenvalue weighted by atomic mass is 35.5. The molecule has 1 rings (SSSR count). The third-order valence-electron chi connectivity index (χ3n) is 1.92. The predicted octanol–water partition coefficient (Wildman–Crippen LogP) is 1.40. The van der Waals surface area contributed by atoms with E-state index in [1.165, 1.54) is 12.4 Å². The van der Waals surface area contributed by atoms with Gasteiger partial charge in [-0.2, -0.15) is 0 Å². The van der Waals surface area contributed by atoms with Gasteiger partial charge in [0, 0.05) is 12.4 Å². The van der Waals surface area contributed by atoms with E-state index in [1.54, 1.807) is 19.1 Å². The molecule has 1 aromatic rings. The van der Waals surface area contributed by atoms with Crippen molar-refractivity contribution in [2.75, 3.05) is 6.61 Å². The van der Waals surface area contributed by atoms with E-state index in [-0.39, 0.29) is 19.0 Å². The van der Waals surface area contributed by atoms with E-state index in [1.807, 2.05) is 0 Å². The molecule has 0 spiro atoms. The molecule has 1 unspecified atom stereocenters. The van der Waals surface area contributed by atoms with Crippen molar-refractivity contribution in [1.29, 1.82) is 0 Å². The fourth-order valence-electron chi connectivity index (χ4n) is 1.12. The molecule has 16 heavy (non-hydrogen) atoms. The molecule has 2 N–H and O–H groups in total. The van der Waals surface area contributed by atoms with Crippen molar-refractivity contribution in [3.63, 3.8) is 0 Å². The van der Waals surface area contributed by atoms with Gasteiger partial charge >= 0.3 is 5.97 Å². The maximum atomic E-state index is 13.4. The number of carbonyl (C=O) groups excluding carboxylic acids is 1. The summed E-state index contributed by atoms with van der Waals surface area (Å²) in [7, 11) is 0. The van der Waals surface area contributed by atoms with Gasteiger partial charge in [0.2, 0.25) is 6.17 Å². The SMILES string of the molecule is CCOC(=O)C(F)[C@H](N)c1ccncc1.Cl. The van der Waals surface area contributed by atoms with Crippen LogP contribution in [0, 0.1) is 0 Å². The van der Waals surface area contributed by atoms with Crippen LogP contribution in [0.5, 0.6) is 0 Å². The van der Waals surface area contributed by atoms with Crippen LogP contribution in [0.1, 0.15) is 18.5 Å². The Balaban J connectivity index is 0.00000225. The van der Waals surface area contributed by atoms with Gasteiger partial charge < -0.3 is 10.5 Å². The highest BCUT2D eigenvalue weighted by Gasteiger charge is 2.27. The summed E-state index contributed by atoms with van der Waals surface area (Å²) in [5.74, 6) is -0.929. The monoisotopic (exact) mass is 248 g/mol. The van der Waals surface area contributed by atoms with E-state index < -0.39 is 18.2 Å². The van der Waals surface area contributed by atoms with Crippen molar-refractivity contribution < 1.29 is 13.9 Å². The lowest BCUT2D eigenvalue weighted by Gasteiger charge is -2.15. The summed E-state index contributed by atoms with van der Waals surface area (Å²) in [6.45, 7) is 1.75. The maximum Gasteiger partial charge on any atom is 0.342 e. The largest absolute Gasteiger partial charge is 0.464 e. The molecule has 0 saturated carbocycles. The Morgan fingerprint density at radius 2 is 2.12 bits per heavy atom. The Morgan fingerprint density at radius 1 is 1.56 bits per heavy atom. The summed E-state index contributed by atoms with van der Waals surface area (Å²) >= 11 is 0. The topological polar surface area (TPSA) is 65.2 Å². The molecular weight excluding hydrogens is 235 g/mol. The van der Waals surface area contributed by atoms with Gasteiger partial charge in [0.05, 0.1) is 12.6 Å². The number of carbonyl (C=O) groups is 1. The van der Waals surface area contributed by atoms with Crippen LogP contribution in [0.3, 0.4) is 0 Å². The number of alkyl halides is 1. The van der Waals surface area contributed by atoms with Crippen molar-refractivity contribution >= 4 is 18.4 Å². The van der Waals surface area contributed by atoms with Crippen LogP contribution in [0.4, 0.5) is 4.39 Å². The van der Waals surface area contributed by atoms with Crippen molar-refractivity contribution in [3.8, 4) is 0 Å². The van der Waals surface area contributed by atoms with Gasteiger partial charge in [-0.15, -0.1) is 12.4 Å². The molecule has 0 saturated heterocycles. The number of nitrogens with two attached hydrogens (primary N) is 1. The lowest BCUT2D eigenvalue weighted by molar-refractivity contribution is -0.149. The average Bonchev–Trinajstić information content (AvgIpc) is 2.28. The first-order chi connectivity index (χ1) is 7.16. The molecule has 4 nitrogen and oxygen atoms in total. The van der Waals surface area contributed by atoms with Crippen LogP contribution in [-0.4, -0.2) is 23.7 Å². The second-order valence-electron chi connectivity index (χ2n) is 2.96. The lowest BCUT2D eigenvalue weighted by atomic mass is 10.1. The molecule has 0 amide bonds. The Morgan fingerprint density at radius 3 is 2.62 bits per heavy atom. The zero-order valence-corrected chi connectivity index (χ0v) is 9.61. The Hall–Kier alpha value is -1.20. The van der Waals surface area contributed by atoms with E-state index in [4.69, 9.17) is 5.73 Å². The zero-order valence-electron chi connectivity index (χ0n) is 8.80. The minimum absolute atomic E-state index is 0. The number of pyridine rings is 1. The van der Waals surface area contributed by atoms with E-state index in [9.17, 15) is 9.18 Å². The molecular formula is C10H14ClFN2O2. The molecule has 0 bridgehead atoms. The standard InChI is InChI=1S/C10H13FN2O2.ClH/c1-2-15-10(14)8(11)9(12)7-3-5-13-6-4-7;/h3-6,8-9H,2,12H2,1H3;1H/t8?,9-;/m1./s1. The first kappa shape index (κ1) is 14.8. The number of rotatable bonds is 4. The molecule has 0 aliphatic heterocycles. The molecule has 0 fully saturated rings. The second-order valence-corrected chi connectivity index (χ2v) is 2.96. The summed E-state index contributed by atoms with van der Waals surface area (Å²) in [4.78, 5) is 14.8. The van der Waals surface area contributed by atoms with Gasteiger partial charge in [-0.25, -0.2) is 9.18 Å².